The number of nitriles is 1. The van der Waals surface area contributed by atoms with Crippen LogP contribution in [-0.2, 0) is 5.41 Å². The quantitative estimate of drug-likeness (QED) is 0.871. The van der Waals surface area contributed by atoms with Gasteiger partial charge in [0.1, 0.15) is 11.4 Å². The molecular formula is C21H26N4O2. The van der Waals surface area contributed by atoms with Crippen LogP contribution in [0.3, 0.4) is 0 Å². The lowest BCUT2D eigenvalue weighted by atomic mass is 9.49. The summed E-state index contributed by atoms with van der Waals surface area (Å²) in [7, 11) is 0. The van der Waals surface area contributed by atoms with Crippen LogP contribution in [0.2, 0.25) is 0 Å². The zero-order chi connectivity index (χ0) is 18.6. The first-order valence-corrected chi connectivity index (χ1v) is 10.3. The summed E-state index contributed by atoms with van der Waals surface area (Å²) in [5, 5.41) is 9.01. The van der Waals surface area contributed by atoms with Gasteiger partial charge < -0.3 is 9.88 Å². The standard InChI is InChI=1S/C21H26N4O2/c22-11-13-1-3-25(4-2-13)19(27)17-12-23-20(24-18(17)26)21-8-14-5-15(9-21)7-16(6-14)10-21/h12-16H,1-10H2,(H,23,24,26). The zero-order valence-corrected chi connectivity index (χ0v) is 15.6. The van der Waals surface area contributed by atoms with Gasteiger partial charge in [0.25, 0.3) is 11.5 Å². The van der Waals surface area contributed by atoms with E-state index in [9.17, 15) is 9.59 Å². The molecule has 0 aromatic carbocycles. The van der Waals surface area contributed by atoms with E-state index in [1.807, 2.05) is 0 Å². The molecule has 0 atom stereocenters. The second-order valence-electron chi connectivity index (χ2n) is 9.37. The molecule has 6 rings (SSSR count). The number of carbonyl (C=O) groups excluding carboxylic acids is 1. The first-order valence-electron chi connectivity index (χ1n) is 10.3. The van der Waals surface area contributed by atoms with Gasteiger partial charge in [0.05, 0.1) is 6.07 Å². The Hall–Kier alpha value is -2.16. The molecule has 142 valence electrons. The maximum absolute atomic E-state index is 12.8. The second kappa shape index (κ2) is 6.19. The maximum Gasteiger partial charge on any atom is 0.263 e. The van der Waals surface area contributed by atoms with Gasteiger partial charge in [-0.25, -0.2) is 4.98 Å². The van der Waals surface area contributed by atoms with Crippen LogP contribution in [0.5, 0.6) is 0 Å². The van der Waals surface area contributed by atoms with Crippen molar-refractivity contribution in [3.8, 4) is 6.07 Å². The fourth-order valence-electron chi connectivity index (χ4n) is 6.60. The van der Waals surface area contributed by atoms with E-state index in [1.54, 1.807) is 4.90 Å². The van der Waals surface area contributed by atoms with Crippen molar-refractivity contribution >= 4 is 5.91 Å². The number of rotatable bonds is 2. The highest BCUT2D eigenvalue weighted by atomic mass is 16.2. The van der Waals surface area contributed by atoms with Gasteiger partial charge >= 0.3 is 0 Å². The SMILES string of the molecule is N#CC1CCN(C(=O)c2cnc(C34CC5CC(CC(C5)C3)C4)[nH]c2=O)CC1. The molecule has 4 saturated carbocycles. The number of carbonyl (C=O) groups is 1. The molecule has 6 heteroatoms. The summed E-state index contributed by atoms with van der Waals surface area (Å²) in [5.41, 5.74) is -0.136. The molecule has 2 heterocycles. The van der Waals surface area contributed by atoms with E-state index in [4.69, 9.17) is 5.26 Å². The fourth-order valence-corrected chi connectivity index (χ4v) is 6.60. The number of hydrogen-bond acceptors (Lipinski definition) is 4. The summed E-state index contributed by atoms with van der Waals surface area (Å²) in [5.74, 6) is 2.92. The molecule has 4 bridgehead atoms. The molecule has 0 spiro atoms. The molecule has 1 amide bonds. The van der Waals surface area contributed by atoms with Gasteiger partial charge in [0, 0.05) is 30.6 Å². The molecule has 27 heavy (non-hydrogen) atoms. The predicted octanol–water partition coefficient (Wildman–Crippen LogP) is 2.61. The Morgan fingerprint density at radius 3 is 2.26 bits per heavy atom. The first-order chi connectivity index (χ1) is 13.1. The van der Waals surface area contributed by atoms with Crippen molar-refractivity contribution in [3.63, 3.8) is 0 Å². The average molecular weight is 366 g/mol. The number of nitrogens with one attached hydrogen (secondary N) is 1. The Morgan fingerprint density at radius 2 is 1.74 bits per heavy atom. The number of hydrogen-bond donors (Lipinski definition) is 1. The number of nitrogens with zero attached hydrogens (tertiary/aromatic N) is 3. The number of aromatic nitrogens is 2. The summed E-state index contributed by atoms with van der Waals surface area (Å²) in [6, 6.07) is 2.27. The summed E-state index contributed by atoms with van der Waals surface area (Å²) in [6.45, 7) is 1.07. The van der Waals surface area contributed by atoms with Crippen molar-refractivity contribution in [1.29, 1.82) is 5.26 Å². The van der Waals surface area contributed by atoms with E-state index in [1.165, 1.54) is 25.5 Å². The molecule has 5 aliphatic rings. The highest BCUT2D eigenvalue weighted by Gasteiger charge is 2.53. The van der Waals surface area contributed by atoms with Crippen molar-refractivity contribution < 1.29 is 4.79 Å². The molecule has 6 nitrogen and oxygen atoms in total. The molecule has 1 aliphatic heterocycles. The zero-order valence-electron chi connectivity index (χ0n) is 15.6. The van der Waals surface area contributed by atoms with Crippen LogP contribution in [0, 0.1) is 35.0 Å². The Morgan fingerprint density at radius 1 is 1.15 bits per heavy atom. The predicted molar refractivity (Wildman–Crippen MR) is 98.9 cm³/mol. The highest BCUT2D eigenvalue weighted by Crippen LogP contribution is 2.59. The van der Waals surface area contributed by atoms with E-state index in [-0.39, 0.29) is 28.4 Å². The van der Waals surface area contributed by atoms with Crippen molar-refractivity contribution in [3.05, 3.63) is 27.9 Å². The smallest absolute Gasteiger partial charge is 0.263 e. The lowest BCUT2D eigenvalue weighted by molar-refractivity contribution is -0.00955. The molecule has 1 saturated heterocycles. The van der Waals surface area contributed by atoms with Crippen LogP contribution >= 0.6 is 0 Å². The average Bonchev–Trinajstić information content (AvgIpc) is 2.66. The molecule has 0 radical (unpaired) electrons. The first kappa shape index (κ1) is 17.0. The van der Waals surface area contributed by atoms with Crippen molar-refractivity contribution in [1.82, 2.24) is 14.9 Å². The Kier molecular flexibility index (Phi) is 3.89. The normalized spacial score (nSPS) is 35.2. The summed E-state index contributed by atoms with van der Waals surface area (Å²) in [4.78, 5) is 34.8. The van der Waals surface area contributed by atoms with Crippen LogP contribution in [-0.4, -0.2) is 33.9 Å². The van der Waals surface area contributed by atoms with Gasteiger partial charge in [0.2, 0.25) is 0 Å². The van der Waals surface area contributed by atoms with Gasteiger partial charge in [0.15, 0.2) is 0 Å². The van der Waals surface area contributed by atoms with Crippen molar-refractivity contribution in [2.75, 3.05) is 13.1 Å². The van der Waals surface area contributed by atoms with Crippen LogP contribution in [0.4, 0.5) is 0 Å². The van der Waals surface area contributed by atoms with E-state index >= 15 is 0 Å². The van der Waals surface area contributed by atoms with E-state index in [0.29, 0.717) is 25.9 Å². The van der Waals surface area contributed by atoms with Gasteiger partial charge in [-0.1, -0.05) is 0 Å². The molecule has 0 unspecified atom stereocenters. The Bertz CT molecular complexity index is 824. The minimum atomic E-state index is -0.303. The summed E-state index contributed by atoms with van der Waals surface area (Å²) >= 11 is 0. The molecule has 1 N–H and O–H groups in total. The number of H-pyrrole nitrogens is 1. The van der Waals surface area contributed by atoms with Crippen LogP contribution in [0.25, 0.3) is 0 Å². The lowest BCUT2D eigenvalue weighted by Crippen LogP contribution is -2.50. The van der Waals surface area contributed by atoms with E-state index < -0.39 is 0 Å². The van der Waals surface area contributed by atoms with E-state index in [2.05, 4.69) is 16.0 Å². The summed E-state index contributed by atoms with van der Waals surface area (Å²) in [6.07, 6.45) is 10.3. The van der Waals surface area contributed by atoms with Gasteiger partial charge in [-0.3, -0.25) is 9.59 Å². The lowest BCUT2D eigenvalue weighted by Gasteiger charge is -2.56. The van der Waals surface area contributed by atoms with Gasteiger partial charge in [-0.15, -0.1) is 0 Å². The van der Waals surface area contributed by atoms with Crippen LogP contribution < -0.4 is 5.56 Å². The molecule has 1 aromatic heterocycles. The number of likely N-dealkylation sites (tertiary alicyclic amines) is 1. The largest absolute Gasteiger partial charge is 0.338 e. The minimum Gasteiger partial charge on any atom is -0.338 e. The minimum absolute atomic E-state index is 0.0175. The summed E-state index contributed by atoms with van der Waals surface area (Å²) < 4.78 is 0. The number of piperidine rings is 1. The third-order valence-corrected chi connectivity index (χ3v) is 7.54. The Balaban J connectivity index is 1.38. The molecule has 5 fully saturated rings. The highest BCUT2D eigenvalue weighted by molar-refractivity contribution is 5.93. The fraction of sp³-hybridized carbons (Fsp3) is 0.714. The third-order valence-electron chi connectivity index (χ3n) is 7.54. The molecule has 1 aromatic rings. The van der Waals surface area contributed by atoms with Crippen LogP contribution in [0.1, 0.15) is 67.5 Å². The third kappa shape index (κ3) is 2.79. The van der Waals surface area contributed by atoms with Crippen molar-refractivity contribution in [2.45, 2.75) is 56.8 Å². The molecular weight excluding hydrogens is 340 g/mol. The number of amides is 1. The van der Waals surface area contributed by atoms with Crippen LogP contribution in [0.15, 0.2) is 11.0 Å². The maximum atomic E-state index is 12.8. The van der Waals surface area contributed by atoms with Crippen molar-refractivity contribution in [2.24, 2.45) is 23.7 Å². The Labute approximate surface area is 159 Å². The van der Waals surface area contributed by atoms with Gasteiger partial charge in [-0.2, -0.15) is 5.26 Å². The second-order valence-corrected chi connectivity index (χ2v) is 9.37. The number of aromatic amines is 1. The van der Waals surface area contributed by atoms with Gasteiger partial charge in [-0.05, 0) is 69.1 Å². The molecule has 4 aliphatic carbocycles. The van der Waals surface area contributed by atoms with E-state index in [0.717, 1.165) is 42.8 Å². The monoisotopic (exact) mass is 366 g/mol. The topological polar surface area (TPSA) is 89.8 Å².